The lowest BCUT2D eigenvalue weighted by Gasteiger charge is -2.11. The second-order valence-corrected chi connectivity index (χ2v) is 8.09. The van der Waals surface area contributed by atoms with Gasteiger partial charge < -0.3 is 0 Å². The van der Waals surface area contributed by atoms with Gasteiger partial charge in [0.05, 0.1) is 15.9 Å². The molecule has 1 saturated carbocycles. The zero-order chi connectivity index (χ0) is 17.0. The van der Waals surface area contributed by atoms with E-state index in [2.05, 4.69) is 20.5 Å². The van der Waals surface area contributed by atoms with Gasteiger partial charge in [0.15, 0.2) is 9.84 Å². The number of benzene rings is 1. The Morgan fingerprint density at radius 1 is 1.12 bits per heavy atom. The number of sulfone groups is 1. The summed E-state index contributed by atoms with van der Waals surface area (Å²) in [5.74, 6) is 0.414. The van der Waals surface area contributed by atoms with Crippen LogP contribution in [0.2, 0.25) is 0 Å². The van der Waals surface area contributed by atoms with Gasteiger partial charge in [-0.1, -0.05) is 25.0 Å². The lowest BCUT2D eigenvalue weighted by atomic mass is 10.1. The molecule has 0 atom stereocenters. The van der Waals surface area contributed by atoms with Crippen LogP contribution in [-0.2, 0) is 9.84 Å². The second kappa shape index (κ2) is 7.09. The Hall–Kier alpha value is -2.28. The molecule has 3 rings (SSSR count). The average molecular weight is 344 g/mol. The van der Waals surface area contributed by atoms with Gasteiger partial charge in [0.25, 0.3) is 0 Å². The molecule has 0 radical (unpaired) electrons. The van der Waals surface area contributed by atoms with Crippen LogP contribution in [0.4, 0.5) is 5.95 Å². The molecular formula is C17H20N4O2S. The van der Waals surface area contributed by atoms with Crippen molar-refractivity contribution in [2.45, 2.75) is 42.8 Å². The average Bonchev–Trinajstić information content (AvgIpc) is 3.16. The monoisotopic (exact) mass is 344 g/mol. The molecular weight excluding hydrogens is 324 g/mol. The van der Waals surface area contributed by atoms with Crippen LogP contribution in [0.5, 0.6) is 0 Å². The van der Waals surface area contributed by atoms with Crippen LogP contribution in [0.1, 0.15) is 38.2 Å². The number of nitrogens with one attached hydrogen (secondary N) is 1. The van der Waals surface area contributed by atoms with E-state index in [-0.39, 0.29) is 5.25 Å². The van der Waals surface area contributed by atoms with Crippen LogP contribution < -0.4 is 5.43 Å². The summed E-state index contributed by atoms with van der Waals surface area (Å²) in [6, 6.07) is 8.63. The molecule has 1 aliphatic rings. The molecule has 0 unspecified atom stereocenters. The Kier molecular flexibility index (Phi) is 4.89. The summed E-state index contributed by atoms with van der Waals surface area (Å²) in [5.41, 5.74) is 4.36. The van der Waals surface area contributed by atoms with E-state index in [0.29, 0.717) is 10.8 Å². The zero-order valence-corrected chi connectivity index (χ0v) is 14.3. The van der Waals surface area contributed by atoms with Crippen molar-refractivity contribution < 1.29 is 8.42 Å². The second-order valence-electron chi connectivity index (χ2n) is 5.86. The van der Waals surface area contributed by atoms with Crippen LogP contribution in [0.3, 0.4) is 0 Å². The van der Waals surface area contributed by atoms with Crippen molar-refractivity contribution in [3.8, 4) is 0 Å². The van der Waals surface area contributed by atoms with Gasteiger partial charge in [-0.15, -0.1) is 0 Å². The van der Waals surface area contributed by atoms with Crippen LogP contribution in [0.15, 0.2) is 52.7 Å². The Bertz CT molecular complexity index is 811. The molecule has 0 amide bonds. The van der Waals surface area contributed by atoms with Gasteiger partial charge >= 0.3 is 0 Å². The van der Waals surface area contributed by atoms with Crippen molar-refractivity contribution in [2.24, 2.45) is 5.10 Å². The number of hydrogen-bond donors (Lipinski definition) is 1. The Morgan fingerprint density at radius 2 is 1.75 bits per heavy atom. The standard InChI is InChI=1S/C17H20N4O2S/c1-13(20-21-17-18-11-4-12-19-17)14-7-9-16(10-8-14)24(22,23)15-5-2-3-6-15/h4,7-12,15H,2-3,5-6H2,1H3,(H,18,19,21)/b20-13+. The van der Waals surface area contributed by atoms with Crippen LogP contribution in [-0.4, -0.2) is 29.3 Å². The number of hydrogen-bond acceptors (Lipinski definition) is 6. The molecule has 7 heteroatoms. The molecule has 24 heavy (non-hydrogen) atoms. The van der Waals surface area contributed by atoms with E-state index in [1.807, 2.05) is 6.92 Å². The van der Waals surface area contributed by atoms with E-state index in [4.69, 9.17) is 0 Å². The third-order valence-corrected chi connectivity index (χ3v) is 6.51. The summed E-state index contributed by atoms with van der Waals surface area (Å²) in [7, 11) is -3.21. The van der Waals surface area contributed by atoms with E-state index in [1.54, 1.807) is 42.7 Å². The Morgan fingerprint density at radius 3 is 2.38 bits per heavy atom. The number of rotatable bonds is 5. The SMILES string of the molecule is C/C(=N\Nc1ncccn1)c1ccc(S(=O)(=O)C2CCCC2)cc1. The Balaban J connectivity index is 1.74. The summed E-state index contributed by atoms with van der Waals surface area (Å²) >= 11 is 0. The highest BCUT2D eigenvalue weighted by molar-refractivity contribution is 7.92. The zero-order valence-electron chi connectivity index (χ0n) is 13.5. The topological polar surface area (TPSA) is 84.3 Å². The molecule has 0 saturated heterocycles. The van der Waals surface area contributed by atoms with Gasteiger partial charge in [-0.05, 0) is 43.5 Å². The number of nitrogens with zero attached hydrogens (tertiary/aromatic N) is 3. The molecule has 1 aliphatic carbocycles. The van der Waals surface area contributed by atoms with Crippen molar-refractivity contribution in [3.05, 3.63) is 48.3 Å². The fourth-order valence-corrected chi connectivity index (χ4v) is 4.69. The normalized spacial score (nSPS) is 16.3. The van der Waals surface area contributed by atoms with Crippen molar-refractivity contribution in [1.82, 2.24) is 9.97 Å². The lowest BCUT2D eigenvalue weighted by Crippen LogP contribution is -2.17. The van der Waals surface area contributed by atoms with Crippen molar-refractivity contribution >= 4 is 21.5 Å². The van der Waals surface area contributed by atoms with Gasteiger partial charge in [0.2, 0.25) is 5.95 Å². The van der Waals surface area contributed by atoms with E-state index in [1.165, 1.54) is 0 Å². The van der Waals surface area contributed by atoms with Crippen molar-refractivity contribution in [1.29, 1.82) is 0 Å². The summed E-state index contributed by atoms with van der Waals surface area (Å²) in [6.45, 7) is 1.84. The van der Waals surface area contributed by atoms with E-state index in [9.17, 15) is 8.42 Å². The third-order valence-electron chi connectivity index (χ3n) is 4.23. The van der Waals surface area contributed by atoms with Crippen molar-refractivity contribution in [2.75, 3.05) is 5.43 Å². The van der Waals surface area contributed by atoms with Gasteiger partial charge in [-0.2, -0.15) is 5.10 Å². The summed E-state index contributed by atoms with van der Waals surface area (Å²) in [5, 5.41) is 4.00. The first-order valence-corrected chi connectivity index (χ1v) is 9.53. The molecule has 0 bridgehead atoms. The molecule has 1 fully saturated rings. The number of aromatic nitrogens is 2. The molecule has 1 aromatic carbocycles. The summed E-state index contributed by atoms with van der Waals surface area (Å²) in [6.07, 6.45) is 6.80. The fourth-order valence-electron chi connectivity index (χ4n) is 2.83. The molecule has 6 nitrogen and oxygen atoms in total. The molecule has 1 aromatic heterocycles. The first kappa shape index (κ1) is 16.6. The highest BCUT2D eigenvalue weighted by Crippen LogP contribution is 2.29. The van der Waals surface area contributed by atoms with Crippen LogP contribution in [0, 0.1) is 0 Å². The fraction of sp³-hybridized carbons (Fsp3) is 0.353. The van der Waals surface area contributed by atoms with Crippen LogP contribution in [0.25, 0.3) is 0 Å². The minimum Gasteiger partial charge on any atom is -0.245 e. The number of anilines is 1. The first-order valence-electron chi connectivity index (χ1n) is 7.99. The third kappa shape index (κ3) is 3.62. The van der Waals surface area contributed by atoms with Gasteiger partial charge in [0, 0.05) is 12.4 Å². The van der Waals surface area contributed by atoms with E-state index >= 15 is 0 Å². The molecule has 0 spiro atoms. The van der Waals surface area contributed by atoms with Gasteiger partial charge in [0.1, 0.15) is 0 Å². The van der Waals surface area contributed by atoms with Gasteiger partial charge in [-0.3, -0.25) is 0 Å². The maximum Gasteiger partial charge on any atom is 0.243 e. The quantitative estimate of drug-likeness (QED) is 0.666. The summed E-state index contributed by atoms with van der Waals surface area (Å²) in [4.78, 5) is 8.45. The van der Waals surface area contributed by atoms with Crippen LogP contribution >= 0.6 is 0 Å². The summed E-state index contributed by atoms with van der Waals surface area (Å²) < 4.78 is 25.1. The molecule has 126 valence electrons. The van der Waals surface area contributed by atoms with E-state index < -0.39 is 9.84 Å². The minimum absolute atomic E-state index is 0.227. The predicted octanol–water partition coefficient (Wildman–Crippen LogP) is 3.03. The minimum atomic E-state index is -3.21. The number of hydrazone groups is 1. The van der Waals surface area contributed by atoms with Gasteiger partial charge in [-0.25, -0.2) is 23.8 Å². The van der Waals surface area contributed by atoms with E-state index in [0.717, 1.165) is 37.0 Å². The molecule has 0 aliphatic heterocycles. The highest BCUT2D eigenvalue weighted by Gasteiger charge is 2.30. The maximum absolute atomic E-state index is 12.6. The van der Waals surface area contributed by atoms with Crippen molar-refractivity contribution in [3.63, 3.8) is 0 Å². The molecule has 1 heterocycles. The maximum atomic E-state index is 12.6. The predicted molar refractivity (Wildman–Crippen MR) is 93.7 cm³/mol. The smallest absolute Gasteiger partial charge is 0.243 e. The largest absolute Gasteiger partial charge is 0.245 e. The Labute approximate surface area is 142 Å². The molecule has 2 aromatic rings. The highest BCUT2D eigenvalue weighted by atomic mass is 32.2. The lowest BCUT2D eigenvalue weighted by molar-refractivity contribution is 0.579. The first-order chi connectivity index (χ1) is 11.6. The molecule has 1 N–H and O–H groups in total.